The van der Waals surface area contributed by atoms with Crippen LogP contribution in [0.5, 0.6) is 0 Å². The van der Waals surface area contributed by atoms with Crippen LogP contribution in [-0.4, -0.2) is 0 Å². The van der Waals surface area contributed by atoms with Crippen LogP contribution in [0.25, 0.3) is 24.3 Å². The van der Waals surface area contributed by atoms with Crippen LogP contribution in [-0.2, 0) is 19.9 Å². The molecule has 1 aromatic heterocycles. The van der Waals surface area contributed by atoms with Crippen LogP contribution in [0.4, 0.5) is 0 Å². The quantitative estimate of drug-likeness (QED) is 0.344. The summed E-state index contributed by atoms with van der Waals surface area (Å²) in [5.41, 5.74) is 7.63. The highest BCUT2D eigenvalue weighted by Crippen LogP contribution is 2.14. The van der Waals surface area contributed by atoms with Gasteiger partial charge in [-0.2, -0.15) is 4.57 Å². The number of pyridine rings is 1. The van der Waals surface area contributed by atoms with Crippen molar-refractivity contribution in [2.75, 3.05) is 0 Å². The van der Waals surface area contributed by atoms with Crippen LogP contribution >= 0.6 is 0 Å². The minimum Gasteiger partial charge on any atom is -0.195 e. The second kappa shape index (κ2) is 10.9. The maximum Gasteiger partial charge on any atom is 0.205 e. The first-order chi connectivity index (χ1) is 14.9. The Kier molecular flexibility index (Phi) is 8.00. The van der Waals surface area contributed by atoms with E-state index in [-0.39, 0.29) is 0 Å². The molecule has 1 heteroatoms. The maximum absolute atomic E-state index is 2.26. The lowest BCUT2D eigenvalue weighted by Crippen LogP contribution is -2.35. The third-order valence-electron chi connectivity index (χ3n) is 5.45. The number of nitrogens with zero attached hydrogens (tertiary/aromatic N) is 1. The molecule has 0 saturated heterocycles. The summed E-state index contributed by atoms with van der Waals surface area (Å²) < 4.78 is 2.23. The van der Waals surface area contributed by atoms with Gasteiger partial charge in [-0.15, -0.1) is 0 Å². The molecule has 0 aliphatic rings. The Bertz CT molecular complexity index is 937. The van der Waals surface area contributed by atoms with Crippen molar-refractivity contribution in [1.82, 2.24) is 0 Å². The predicted molar refractivity (Wildman–Crippen MR) is 135 cm³/mol. The Balaban J connectivity index is 1.71. The molecule has 0 fully saturated rings. The van der Waals surface area contributed by atoms with E-state index in [0.717, 1.165) is 12.8 Å². The van der Waals surface area contributed by atoms with Gasteiger partial charge in [-0.3, -0.25) is 0 Å². The lowest BCUT2D eigenvalue weighted by molar-refractivity contribution is -0.675. The highest BCUT2D eigenvalue weighted by molar-refractivity contribution is 5.69. The van der Waals surface area contributed by atoms with Gasteiger partial charge < -0.3 is 0 Å². The molecular formula is C30H36N+. The van der Waals surface area contributed by atoms with E-state index in [9.17, 15) is 0 Å². The van der Waals surface area contributed by atoms with Crippen LogP contribution in [0.3, 0.4) is 0 Å². The molecule has 3 aromatic rings. The largest absolute Gasteiger partial charge is 0.205 e. The van der Waals surface area contributed by atoms with Crippen molar-refractivity contribution in [1.29, 1.82) is 0 Å². The standard InChI is InChI=1S/C30H36N/c1-23(2)21-27-13-9-25(10-14-27)17-19-29-7-6-8-30(31(29)5)20-18-26-11-15-28(16-12-26)22-24(3)4/h6-20,23-24H,21-22H2,1-5H3/q+1/b19-17+,20-18+. The summed E-state index contributed by atoms with van der Waals surface area (Å²) >= 11 is 0. The molecule has 0 aliphatic heterocycles. The summed E-state index contributed by atoms with van der Waals surface area (Å²) in [5, 5.41) is 0. The third kappa shape index (κ3) is 7.07. The molecule has 1 heterocycles. The van der Waals surface area contributed by atoms with Gasteiger partial charge in [0.2, 0.25) is 11.4 Å². The molecule has 0 aliphatic carbocycles. The average Bonchev–Trinajstić information content (AvgIpc) is 2.73. The molecule has 0 bridgehead atoms. The van der Waals surface area contributed by atoms with Crippen molar-refractivity contribution in [2.45, 2.75) is 40.5 Å². The van der Waals surface area contributed by atoms with E-state index in [2.05, 4.69) is 130 Å². The van der Waals surface area contributed by atoms with E-state index < -0.39 is 0 Å². The molecule has 0 atom stereocenters. The Morgan fingerprint density at radius 3 is 1.32 bits per heavy atom. The van der Waals surface area contributed by atoms with Gasteiger partial charge in [0.05, 0.1) is 0 Å². The zero-order valence-corrected chi connectivity index (χ0v) is 19.7. The number of hydrogen-bond donors (Lipinski definition) is 0. The van der Waals surface area contributed by atoms with E-state index >= 15 is 0 Å². The first-order valence-corrected chi connectivity index (χ1v) is 11.4. The zero-order valence-electron chi connectivity index (χ0n) is 19.7. The first-order valence-electron chi connectivity index (χ1n) is 11.4. The Morgan fingerprint density at radius 1 is 0.581 bits per heavy atom. The lowest BCUT2D eigenvalue weighted by atomic mass is 10.0. The molecule has 0 radical (unpaired) electrons. The van der Waals surface area contributed by atoms with Gasteiger partial charge in [-0.1, -0.05) is 76.2 Å². The van der Waals surface area contributed by atoms with Crippen LogP contribution < -0.4 is 4.57 Å². The number of aromatic nitrogens is 1. The van der Waals surface area contributed by atoms with Crippen LogP contribution in [0, 0.1) is 11.8 Å². The fourth-order valence-corrected chi connectivity index (χ4v) is 3.79. The van der Waals surface area contributed by atoms with Gasteiger partial charge >= 0.3 is 0 Å². The number of benzene rings is 2. The molecule has 160 valence electrons. The van der Waals surface area contributed by atoms with Crippen LogP contribution in [0.2, 0.25) is 0 Å². The van der Waals surface area contributed by atoms with E-state index in [4.69, 9.17) is 0 Å². The Morgan fingerprint density at radius 2 is 0.968 bits per heavy atom. The summed E-state index contributed by atoms with van der Waals surface area (Å²) in [6, 6.07) is 24.2. The molecule has 0 unspecified atom stereocenters. The normalized spacial score (nSPS) is 12.0. The van der Waals surface area contributed by atoms with Gasteiger partial charge in [0, 0.05) is 24.3 Å². The minimum atomic E-state index is 0.689. The van der Waals surface area contributed by atoms with Gasteiger partial charge in [0.25, 0.3) is 0 Å². The highest BCUT2D eigenvalue weighted by Gasteiger charge is 2.07. The smallest absolute Gasteiger partial charge is 0.195 e. The molecule has 31 heavy (non-hydrogen) atoms. The molecular weight excluding hydrogens is 374 g/mol. The van der Waals surface area contributed by atoms with Crippen molar-refractivity contribution in [2.24, 2.45) is 18.9 Å². The molecule has 2 aromatic carbocycles. The summed E-state index contributed by atoms with van der Waals surface area (Å²) in [7, 11) is 2.12. The summed E-state index contributed by atoms with van der Waals surface area (Å²) in [4.78, 5) is 0. The second-order valence-electron chi connectivity index (χ2n) is 9.28. The van der Waals surface area contributed by atoms with E-state index in [1.54, 1.807) is 0 Å². The summed E-state index contributed by atoms with van der Waals surface area (Å²) in [6.07, 6.45) is 11.0. The molecule has 3 rings (SSSR count). The first kappa shape index (κ1) is 22.7. The van der Waals surface area contributed by atoms with Crippen molar-refractivity contribution >= 4 is 24.3 Å². The van der Waals surface area contributed by atoms with Crippen molar-refractivity contribution in [3.63, 3.8) is 0 Å². The molecule has 0 N–H and O–H groups in total. The molecule has 0 spiro atoms. The minimum absolute atomic E-state index is 0.689. The predicted octanol–water partition coefficient (Wildman–Crippen LogP) is 7.25. The summed E-state index contributed by atoms with van der Waals surface area (Å²) in [5.74, 6) is 1.38. The number of hydrogen-bond acceptors (Lipinski definition) is 0. The topological polar surface area (TPSA) is 3.88 Å². The molecule has 0 amide bonds. The van der Waals surface area contributed by atoms with E-state index in [1.807, 2.05) is 0 Å². The lowest BCUT2D eigenvalue weighted by Gasteiger charge is -2.05. The maximum atomic E-state index is 2.26. The van der Waals surface area contributed by atoms with Crippen molar-refractivity contribution in [3.8, 4) is 0 Å². The molecule has 1 nitrogen and oxygen atoms in total. The van der Waals surface area contributed by atoms with Gasteiger partial charge in [-0.05, 0) is 65.1 Å². The van der Waals surface area contributed by atoms with Gasteiger partial charge in [0.1, 0.15) is 7.05 Å². The average molecular weight is 411 g/mol. The fourth-order valence-electron chi connectivity index (χ4n) is 3.79. The monoisotopic (exact) mass is 410 g/mol. The third-order valence-corrected chi connectivity index (χ3v) is 5.45. The van der Waals surface area contributed by atoms with Gasteiger partial charge in [-0.25, -0.2) is 0 Å². The van der Waals surface area contributed by atoms with Gasteiger partial charge in [0.15, 0.2) is 0 Å². The second-order valence-corrected chi connectivity index (χ2v) is 9.28. The highest BCUT2D eigenvalue weighted by atomic mass is 14.9. The van der Waals surface area contributed by atoms with Crippen LogP contribution in [0.1, 0.15) is 61.3 Å². The zero-order chi connectivity index (χ0) is 22.2. The van der Waals surface area contributed by atoms with Crippen molar-refractivity contribution < 1.29 is 4.57 Å². The Labute approximate surface area is 188 Å². The summed E-state index contributed by atoms with van der Waals surface area (Å²) in [6.45, 7) is 9.04. The Hall–Kier alpha value is -2.93. The SMILES string of the molecule is CC(C)Cc1ccc(/C=C/c2cccc(/C=C/c3ccc(CC(C)C)cc3)[n+]2C)cc1. The van der Waals surface area contributed by atoms with E-state index in [1.165, 1.54) is 33.6 Å². The van der Waals surface area contributed by atoms with E-state index in [0.29, 0.717) is 11.8 Å². The van der Waals surface area contributed by atoms with Crippen LogP contribution in [0.15, 0.2) is 66.7 Å². The van der Waals surface area contributed by atoms with Crippen molar-refractivity contribution in [3.05, 3.63) is 100 Å². The number of rotatable bonds is 8. The molecule has 0 saturated carbocycles. The fraction of sp³-hybridized carbons (Fsp3) is 0.300.